The normalized spacial score (nSPS) is 11.7. The van der Waals surface area contributed by atoms with Gasteiger partial charge >= 0.3 is 0 Å². The number of carbonyl (C=O) groups is 2. The minimum atomic E-state index is -0.511. The summed E-state index contributed by atoms with van der Waals surface area (Å²) in [6.45, 7) is 4.94. The van der Waals surface area contributed by atoms with Crippen LogP contribution in [0.4, 0.5) is 0 Å². The van der Waals surface area contributed by atoms with Crippen molar-refractivity contribution in [3.63, 3.8) is 0 Å². The third-order valence-electron chi connectivity index (χ3n) is 5.91. The number of carbonyl (C=O) groups excluding carboxylic acids is 2. The first kappa shape index (κ1) is 24.3. The SMILES string of the molecule is CCCNC(=O)[C@H](CC)N(Cc1cccc(OC)c1)C(=O)CCc1cccc2ccccc12. The summed E-state index contributed by atoms with van der Waals surface area (Å²) in [6.07, 6.45) is 2.38. The van der Waals surface area contributed by atoms with Crippen molar-refractivity contribution >= 4 is 22.6 Å². The van der Waals surface area contributed by atoms with Gasteiger partial charge in [0.2, 0.25) is 11.8 Å². The highest BCUT2D eigenvalue weighted by Crippen LogP contribution is 2.22. The zero-order valence-corrected chi connectivity index (χ0v) is 19.8. The predicted molar refractivity (Wildman–Crippen MR) is 133 cm³/mol. The topological polar surface area (TPSA) is 58.6 Å². The molecule has 174 valence electrons. The number of fused-ring (bicyclic) bond motifs is 1. The number of nitrogens with one attached hydrogen (secondary N) is 1. The van der Waals surface area contributed by atoms with Crippen molar-refractivity contribution in [2.45, 2.75) is 52.1 Å². The number of amides is 2. The molecule has 0 saturated heterocycles. The third kappa shape index (κ3) is 6.35. The van der Waals surface area contributed by atoms with Crippen molar-refractivity contribution in [1.82, 2.24) is 10.2 Å². The molecule has 0 heterocycles. The molecule has 3 rings (SSSR count). The van der Waals surface area contributed by atoms with Crippen LogP contribution in [0.5, 0.6) is 5.75 Å². The summed E-state index contributed by atoms with van der Waals surface area (Å²) >= 11 is 0. The van der Waals surface area contributed by atoms with Gasteiger partial charge in [0.25, 0.3) is 0 Å². The van der Waals surface area contributed by atoms with E-state index in [9.17, 15) is 9.59 Å². The number of methoxy groups -OCH3 is 1. The van der Waals surface area contributed by atoms with Gasteiger partial charge in [-0.2, -0.15) is 0 Å². The van der Waals surface area contributed by atoms with Crippen LogP contribution in [0.1, 0.15) is 44.2 Å². The summed E-state index contributed by atoms with van der Waals surface area (Å²) in [5.41, 5.74) is 2.08. The molecule has 0 saturated carbocycles. The van der Waals surface area contributed by atoms with Crippen LogP contribution in [-0.4, -0.2) is 36.4 Å². The van der Waals surface area contributed by atoms with Crippen molar-refractivity contribution in [2.24, 2.45) is 0 Å². The van der Waals surface area contributed by atoms with Gasteiger partial charge in [0.15, 0.2) is 0 Å². The van der Waals surface area contributed by atoms with Gasteiger partial charge in [-0.05, 0) is 53.3 Å². The van der Waals surface area contributed by atoms with Gasteiger partial charge in [0.05, 0.1) is 7.11 Å². The van der Waals surface area contributed by atoms with Gasteiger partial charge in [-0.3, -0.25) is 9.59 Å². The Kier molecular flexibility index (Phi) is 8.87. The molecular weight excluding hydrogens is 412 g/mol. The Labute approximate surface area is 196 Å². The van der Waals surface area contributed by atoms with Gasteiger partial charge in [0.1, 0.15) is 11.8 Å². The minimum Gasteiger partial charge on any atom is -0.497 e. The number of aryl methyl sites for hydroxylation is 1. The van der Waals surface area contributed by atoms with Gasteiger partial charge in [-0.15, -0.1) is 0 Å². The number of hydrogen-bond acceptors (Lipinski definition) is 3. The molecule has 3 aromatic carbocycles. The zero-order chi connectivity index (χ0) is 23.6. The summed E-state index contributed by atoms with van der Waals surface area (Å²) in [7, 11) is 1.62. The molecule has 5 heteroatoms. The molecule has 0 aromatic heterocycles. The summed E-state index contributed by atoms with van der Waals surface area (Å²) in [5.74, 6) is 0.615. The highest BCUT2D eigenvalue weighted by molar-refractivity contribution is 5.89. The van der Waals surface area contributed by atoms with Gasteiger partial charge in [-0.25, -0.2) is 0 Å². The Morgan fingerprint density at radius 1 is 1.00 bits per heavy atom. The second kappa shape index (κ2) is 12.0. The summed E-state index contributed by atoms with van der Waals surface area (Å²) in [6, 6.07) is 21.6. The lowest BCUT2D eigenvalue weighted by atomic mass is 10.00. The van der Waals surface area contributed by atoms with Crippen LogP contribution in [0.3, 0.4) is 0 Å². The predicted octanol–water partition coefficient (Wildman–Crippen LogP) is 5.11. The second-order valence-corrected chi connectivity index (χ2v) is 8.23. The molecule has 0 aliphatic rings. The van der Waals surface area contributed by atoms with Crippen LogP contribution < -0.4 is 10.1 Å². The number of ether oxygens (including phenoxy) is 1. The number of hydrogen-bond donors (Lipinski definition) is 1. The molecule has 0 radical (unpaired) electrons. The van der Waals surface area contributed by atoms with E-state index in [0.717, 1.165) is 23.3 Å². The fraction of sp³-hybridized carbons (Fsp3) is 0.357. The zero-order valence-electron chi connectivity index (χ0n) is 19.8. The molecule has 33 heavy (non-hydrogen) atoms. The number of benzene rings is 3. The smallest absolute Gasteiger partial charge is 0.242 e. The molecule has 0 aliphatic heterocycles. The summed E-state index contributed by atoms with van der Waals surface area (Å²) in [5, 5.41) is 5.30. The highest BCUT2D eigenvalue weighted by Gasteiger charge is 2.28. The van der Waals surface area contributed by atoms with Crippen LogP contribution in [0.2, 0.25) is 0 Å². The first-order valence-corrected chi connectivity index (χ1v) is 11.7. The van der Waals surface area contributed by atoms with Crippen LogP contribution in [-0.2, 0) is 22.6 Å². The van der Waals surface area contributed by atoms with Crippen molar-refractivity contribution in [1.29, 1.82) is 0 Å². The first-order valence-electron chi connectivity index (χ1n) is 11.7. The van der Waals surface area contributed by atoms with Crippen LogP contribution in [0.25, 0.3) is 10.8 Å². The van der Waals surface area contributed by atoms with E-state index < -0.39 is 6.04 Å². The number of nitrogens with zero attached hydrogens (tertiary/aromatic N) is 1. The van der Waals surface area contributed by atoms with E-state index in [-0.39, 0.29) is 11.8 Å². The van der Waals surface area contributed by atoms with Crippen LogP contribution >= 0.6 is 0 Å². The Morgan fingerprint density at radius 2 is 1.76 bits per heavy atom. The fourth-order valence-corrected chi connectivity index (χ4v) is 4.15. The quantitative estimate of drug-likeness (QED) is 0.445. The number of rotatable bonds is 11. The molecule has 1 atom stereocenters. The first-order chi connectivity index (χ1) is 16.1. The molecule has 3 aromatic rings. The van der Waals surface area contributed by atoms with Gasteiger partial charge < -0.3 is 15.0 Å². The van der Waals surface area contributed by atoms with Crippen molar-refractivity contribution in [3.05, 3.63) is 77.9 Å². The monoisotopic (exact) mass is 446 g/mol. The molecule has 0 unspecified atom stereocenters. The lowest BCUT2D eigenvalue weighted by Gasteiger charge is -2.31. The van der Waals surface area contributed by atoms with E-state index in [2.05, 4.69) is 29.6 Å². The van der Waals surface area contributed by atoms with E-state index in [4.69, 9.17) is 4.74 Å². The molecule has 0 bridgehead atoms. The van der Waals surface area contributed by atoms with Crippen molar-refractivity contribution < 1.29 is 14.3 Å². The van der Waals surface area contributed by atoms with Crippen LogP contribution in [0.15, 0.2) is 66.7 Å². The Bertz CT molecular complexity index is 1070. The van der Waals surface area contributed by atoms with E-state index >= 15 is 0 Å². The average molecular weight is 447 g/mol. The van der Waals surface area contributed by atoms with E-state index in [1.165, 1.54) is 10.8 Å². The summed E-state index contributed by atoms with van der Waals surface area (Å²) in [4.78, 5) is 28.1. The van der Waals surface area contributed by atoms with E-state index in [1.807, 2.05) is 56.3 Å². The Morgan fingerprint density at radius 3 is 2.52 bits per heavy atom. The third-order valence-corrected chi connectivity index (χ3v) is 5.91. The van der Waals surface area contributed by atoms with E-state index in [0.29, 0.717) is 32.4 Å². The lowest BCUT2D eigenvalue weighted by molar-refractivity contribution is -0.141. The Hall–Kier alpha value is -3.34. The Balaban J connectivity index is 1.83. The lowest BCUT2D eigenvalue weighted by Crippen LogP contribution is -2.49. The van der Waals surface area contributed by atoms with Crippen molar-refractivity contribution in [3.8, 4) is 5.75 Å². The maximum absolute atomic E-state index is 13.5. The highest BCUT2D eigenvalue weighted by atomic mass is 16.5. The van der Waals surface area contributed by atoms with Crippen LogP contribution in [0, 0.1) is 0 Å². The summed E-state index contributed by atoms with van der Waals surface area (Å²) < 4.78 is 5.35. The maximum Gasteiger partial charge on any atom is 0.242 e. The standard InChI is InChI=1S/C28H34N2O3/c1-4-18-29-28(32)26(5-2)30(20-21-10-8-14-24(19-21)33-3)27(31)17-16-23-13-9-12-22-11-6-7-15-25(22)23/h6-15,19,26H,4-5,16-18,20H2,1-3H3,(H,29,32)/t26-/m0/s1. The molecule has 0 fully saturated rings. The molecule has 5 nitrogen and oxygen atoms in total. The molecule has 0 aliphatic carbocycles. The van der Waals surface area contributed by atoms with E-state index in [1.54, 1.807) is 12.0 Å². The minimum absolute atomic E-state index is 0.0238. The van der Waals surface area contributed by atoms with Gasteiger partial charge in [0, 0.05) is 19.5 Å². The average Bonchev–Trinajstić information content (AvgIpc) is 2.85. The fourth-order valence-electron chi connectivity index (χ4n) is 4.15. The molecule has 1 N–H and O–H groups in total. The molecular formula is C28H34N2O3. The second-order valence-electron chi connectivity index (χ2n) is 8.23. The van der Waals surface area contributed by atoms with Crippen molar-refractivity contribution in [2.75, 3.05) is 13.7 Å². The largest absolute Gasteiger partial charge is 0.497 e. The molecule has 0 spiro atoms. The van der Waals surface area contributed by atoms with Gasteiger partial charge in [-0.1, -0.05) is 68.4 Å². The maximum atomic E-state index is 13.5. The molecule has 2 amide bonds.